The molecule has 2 rings (SSSR count). The number of pyridine rings is 1. The summed E-state index contributed by atoms with van der Waals surface area (Å²) >= 11 is 0. The summed E-state index contributed by atoms with van der Waals surface area (Å²) in [5, 5.41) is 3.21. The lowest BCUT2D eigenvalue weighted by Gasteiger charge is -2.10. The third-order valence-electron chi connectivity index (χ3n) is 3.04. The Labute approximate surface area is 118 Å². The van der Waals surface area contributed by atoms with Gasteiger partial charge < -0.3 is 10.1 Å². The molecular weight excluding hydrogens is 255 g/mol. The normalized spacial score (nSPS) is 10.8. The Morgan fingerprint density at radius 3 is 2.65 bits per heavy atom. The Bertz CT molecular complexity index is 584. The van der Waals surface area contributed by atoms with E-state index in [1.165, 1.54) is 6.07 Å². The van der Waals surface area contributed by atoms with Crippen molar-refractivity contribution in [1.82, 2.24) is 10.3 Å². The summed E-state index contributed by atoms with van der Waals surface area (Å²) in [6.45, 7) is 4.60. The fourth-order valence-electron chi connectivity index (χ4n) is 1.87. The van der Waals surface area contributed by atoms with Gasteiger partial charge in [0.05, 0.1) is 13.3 Å². The smallest absolute Gasteiger partial charge is 0.137 e. The van der Waals surface area contributed by atoms with Crippen LogP contribution in [0.25, 0.3) is 11.1 Å². The molecule has 0 spiro atoms. The van der Waals surface area contributed by atoms with Crippen molar-refractivity contribution in [1.29, 1.82) is 0 Å². The maximum atomic E-state index is 14.1. The van der Waals surface area contributed by atoms with E-state index >= 15 is 0 Å². The summed E-state index contributed by atoms with van der Waals surface area (Å²) < 4.78 is 19.2. The molecule has 0 saturated carbocycles. The zero-order valence-electron chi connectivity index (χ0n) is 12.0. The van der Waals surface area contributed by atoms with Crippen LogP contribution < -0.4 is 10.1 Å². The molecule has 0 unspecified atom stereocenters. The van der Waals surface area contributed by atoms with E-state index in [1.807, 2.05) is 26.0 Å². The first-order valence-corrected chi connectivity index (χ1v) is 6.61. The molecule has 20 heavy (non-hydrogen) atoms. The summed E-state index contributed by atoms with van der Waals surface area (Å²) in [7, 11) is 1.59. The van der Waals surface area contributed by atoms with Gasteiger partial charge in [0.25, 0.3) is 0 Å². The minimum Gasteiger partial charge on any atom is -0.495 e. The van der Waals surface area contributed by atoms with Crippen LogP contribution in [0.1, 0.15) is 19.4 Å². The quantitative estimate of drug-likeness (QED) is 0.907. The SMILES string of the molecule is COc1cncc(-c2ccc(CNC(C)C)c(F)c2)c1. The summed E-state index contributed by atoms with van der Waals surface area (Å²) in [4.78, 5) is 4.08. The lowest BCUT2D eigenvalue weighted by atomic mass is 10.0. The topological polar surface area (TPSA) is 34.1 Å². The lowest BCUT2D eigenvalue weighted by molar-refractivity contribution is 0.413. The summed E-state index contributed by atoms with van der Waals surface area (Å²) in [6.07, 6.45) is 3.32. The zero-order valence-corrected chi connectivity index (χ0v) is 12.0. The van der Waals surface area contributed by atoms with Crippen LogP contribution in [0.15, 0.2) is 36.7 Å². The van der Waals surface area contributed by atoms with Crippen molar-refractivity contribution < 1.29 is 9.13 Å². The molecule has 0 amide bonds. The average molecular weight is 274 g/mol. The van der Waals surface area contributed by atoms with E-state index in [1.54, 1.807) is 25.6 Å². The van der Waals surface area contributed by atoms with Crippen LogP contribution in [0.4, 0.5) is 4.39 Å². The van der Waals surface area contributed by atoms with Gasteiger partial charge in [-0.15, -0.1) is 0 Å². The summed E-state index contributed by atoms with van der Waals surface area (Å²) in [5.74, 6) is 0.451. The van der Waals surface area contributed by atoms with E-state index in [0.29, 0.717) is 23.9 Å². The number of ether oxygens (including phenoxy) is 1. The molecule has 0 bridgehead atoms. The second-order valence-electron chi connectivity index (χ2n) is 4.96. The molecular formula is C16H19FN2O. The molecule has 3 nitrogen and oxygen atoms in total. The van der Waals surface area contributed by atoms with E-state index in [0.717, 1.165) is 11.1 Å². The standard InChI is InChI=1S/C16H19FN2O/c1-11(2)19-9-13-5-4-12(7-16(13)17)14-6-15(20-3)10-18-8-14/h4-8,10-11,19H,9H2,1-3H3. The van der Waals surface area contributed by atoms with Gasteiger partial charge in [0.2, 0.25) is 0 Å². The van der Waals surface area contributed by atoms with Gasteiger partial charge >= 0.3 is 0 Å². The maximum Gasteiger partial charge on any atom is 0.137 e. The Morgan fingerprint density at radius 1 is 1.20 bits per heavy atom. The molecule has 0 aliphatic heterocycles. The first-order valence-electron chi connectivity index (χ1n) is 6.61. The third kappa shape index (κ3) is 3.54. The van der Waals surface area contributed by atoms with Gasteiger partial charge in [0.15, 0.2) is 0 Å². The number of nitrogens with one attached hydrogen (secondary N) is 1. The Balaban J connectivity index is 2.23. The molecule has 1 aromatic heterocycles. The Kier molecular flexibility index (Phi) is 4.69. The predicted molar refractivity (Wildman–Crippen MR) is 78.2 cm³/mol. The monoisotopic (exact) mass is 274 g/mol. The van der Waals surface area contributed by atoms with E-state index in [4.69, 9.17) is 4.74 Å². The van der Waals surface area contributed by atoms with Crippen LogP contribution >= 0.6 is 0 Å². The number of aromatic nitrogens is 1. The highest BCUT2D eigenvalue weighted by atomic mass is 19.1. The number of nitrogens with zero attached hydrogens (tertiary/aromatic N) is 1. The zero-order chi connectivity index (χ0) is 14.5. The van der Waals surface area contributed by atoms with Gasteiger partial charge in [-0.25, -0.2) is 4.39 Å². The van der Waals surface area contributed by atoms with E-state index in [9.17, 15) is 4.39 Å². The minimum absolute atomic E-state index is 0.210. The van der Waals surface area contributed by atoms with Crippen LogP contribution in [0.2, 0.25) is 0 Å². The average Bonchev–Trinajstić information content (AvgIpc) is 2.46. The number of rotatable bonds is 5. The van der Waals surface area contributed by atoms with E-state index in [2.05, 4.69) is 10.3 Å². The molecule has 0 fully saturated rings. The van der Waals surface area contributed by atoms with Crippen molar-refractivity contribution in [3.8, 4) is 16.9 Å². The van der Waals surface area contributed by atoms with Crippen molar-refractivity contribution in [2.45, 2.75) is 26.4 Å². The molecule has 0 saturated heterocycles. The van der Waals surface area contributed by atoms with Crippen LogP contribution in [0.5, 0.6) is 5.75 Å². The van der Waals surface area contributed by atoms with Crippen LogP contribution in [-0.4, -0.2) is 18.1 Å². The summed E-state index contributed by atoms with van der Waals surface area (Å²) in [6, 6.07) is 7.41. The Morgan fingerprint density at radius 2 is 2.00 bits per heavy atom. The molecule has 1 N–H and O–H groups in total. The first kappa shape index (κ1) is 14.5. The fourth-order valence-corrected chi connectivity index (χ4v) is 1.87. The second-order valence-corrected chi connectivity index (χ2v) is 4.96. The van der Waals surface area contributed by atoms with Gasteiger partial charge in [-0.3, -0.25) is 4.98 Å². The van der Waals surface area contributed by atoms with Crippen molar-refractivity contribution in [3.63, 3.8) is 0 Å². The molecule has 2 aromatic rings. The number of hydrogen-bond donors (Lipinski definition) is 1. The number of halogens is 1. The van der Waals surface area contributed by atoms with Crippen LogP contribution in [0.3, 0.4) is 0 Å². The van der Waals surface area contributed by atoms with Gasteiger partial charge in [-0.1, -0.05) is 26.0 Å². The highest BCUT2D eigenvalue weighted by Gasteiger charge is 2.07. The number of benzene rings is 1. The fraction of sp³-hybridized carbons (Fsp3) is 0.312. The molecule has 1 aromatic carbocycles. The molecule has 1 heterocycles. The number of hydrogen-bond acceptors (Lipinski definition) is 3. The van der Waals surface area contributed by atoms with Crippen molar-refractivity contribution in [2.75, 3.05) is 7.11 Å². The van der Waals surface area contributed by atoms with Gasteiger partial charge in [-0.05, 0) is 17.7 Å². The number of methoxy groups -OCH3 is 1. The summed E-state index contributed by atoms with van der Waals surface area (Å²) in [5.41, 5.74) is 2.30. The largest absolute Gasteiger partial charge is 0.495 e. The first-order chi connectivity index (χ1) is 9.60. The van der Waals surface area contributed by atoms with Crippen molar-refractivity contribution >= 4 is 0 Å². The molecule has 106 valence electrons. The van der Waals surface area contributed by atoms with Crippen LogP contribution in [-0.2, 0) is 6.54 Å². The van der Waals surface area contributed by atoms with E-state index in [-0.39, 0.29) is 5.82 Å². The molecule has 0 aliphatic rings. The minimum atomic E-state index is -0.210. The second kappa shape index (κ2) is 6.48. The van der Waals surface area contributed by atoms with Gasteiger partial charge in [0.1, 0.15) is 11.6 Å². The highest BCUT2D eigenvalue weighted by Crippen LogP contribution is 2.24. The molecule has 0 radical (unpaired) electrons. The van der Waals surface area contributed by atoms with Crippen molar-refractivity contribution in [2.24, 2.45) is 0 Å². The Hall–Kier alpha value is -1.94. The van der Waals surface area contributed by atoms with Crippen molar-refractivity contribution in [3.05, 3.63) is 48.0 Å². The maximum absolute atomic E-state index is 14.1. The lowest BCUT2D eigenvalue weighted by Crippen LogP contribution is -2.22. The highest BCUT2D eigenvalue weighted by molar-refractivity contribution is 5.64. The van der Waals surface area contributed by atoms with Crippen LogP contribution in [0, 0.1) is 5.82 Å². The van der Waals surface area contributed by atoms with Gasteiger partial charge in [-0.2, -0.15) is 0 Å². The molecule has 0 aliphatic carbocycles. The van der Waals surface area contributed by atoms with E-state index < -0.39 is 0 Å². The molecule has 4 heteroatoms. The van der Waals surface area contributed by atoms with Gasteiger partial charge in [0, 0.05) is 29.9 Å². The third-order valence-corrected chi connectivity index (χ3v) is 3.04. The molecule has 0 atom stereocenters. The predicted octanol–water partition coefficient (Wildman–Crippen LogP) is 3.39.